The summed E-state index contributed by atoms with van der Waals surface area (Å²) in [5.41, 5.74) is 4.42. The molecule has 168 valence electrons. The maximum Gasteiger partial charge on any atom is 0.192 e. The molecule has 0 atom stereocenters. The Labute approximate surface area is 200 Å². The number of hydrogen-bond donors (Lipinski definition) is 2. The lowest BCUT2D eigenvalue weighted by Gasteiger charge is -2.13. The maximum atomic E-state index is 5.22. The number of nitrogens with one attached hydrogen (secondary N) is 2. The van der Waals surface area contributed by atoms with E-state index >= 15 is 0 Å². The minimum absolute atomic E-state index is 0. The topological polar surface area (TPSA) is 94.2 Å². The summed E-state index contributed by atoms with van der Waals surface area (Å²) in [7, 11) is 5.57. The van der Waals surface area contributed by atoms with E-state index in [1.807, 2.05) is 61.5 Å². The number of rotatable bonds is 7. The number of guanidine groups is 1. The molecular weight excluding hydrogens is 507 g/mol. The van der Waals surface area contributed by atoms with Crippen molar-refractivity contribution in [1.82, 2.24) is 35.2 Å². The highest BCUT2D eigenvalue weighted by Crippen LogP contribution is 2.13. The van der Waals surface area contributed by atoms with E-state index in [4.69, 9.17) is 9.73 Å². The highest BCUT2D eigenvalue weighted by atomic mass is 127. The third-order valence-corrected chi connectivity index (χ3v) is 5.27. The molecule has 0 fully saturated rings. The summed E-state index contributed by atoms with van der Waals surface area (Å²) in [6.07, 6.45) is 0. The zero-order chi connectivity index (χ0) is 21.7. The van der Waals surface area contributed by atoms with Crippen molar-refractivity contribution < 1.29 is 4.74 Å². The third-order valence-electron chi connectivity index (χ3n) is 5.27. The van der Waals surface area contributed by atoms with Gasteiger partial charge < -0.3 is 19.9 Å². The number of methoxy groups -OCH3 is 1. The van der Waals surface area contributed by atoms with E-state index in [0.717, 1.165) is 34.3 Å². The first-order chi connectivity index (χ1) is 14.4. The molecule has 0 saturated carbocycles. The Hall–Kier alpha value is -2.63. The first kappa shape index (κ1) is 24.6. The van der Waals surface area contributed by atoms with Crippen LogP contribution in [0, 0.1) is 20.8 Å². The van der Waals surface area contributed by atoms with Crippen LogP contribution >= 0.6 is 24.0 Å². The third kappa shape index (κ3) is 6.18. The van der Waals surface area contributed by atoms with Gasteiger partial charge in [-0.15, -0.1) is 34.2 Å². The predicted octanol–water partition coefficient (Wildman–Crippen LogP) is 2.54. The van der Waals surface area contributed by atoms with Gasteiger partial charge >= 0.3 is 0 Å². The van der Waals surface area contributed by atoms with Gasteiger partial charge in [-0.3, -0.25) is 4.68 Å². The highest BCUT2D eigenvalue weighted by molar-refractivity contribution is 14.0. The van der Waals surface area contributed by atoms with Gasteiger partial charge in [0.15, 0.2) is 11.8 Å². The summed E-state index contributed by atoms with van der Waals surface area (Å²) >= 11 is 0. The molecular formula is C21H31IN8O. The molecule has 0 bridgehead atoms. The molecule has 31 heavy (non-hydrogen) atoms. The van der Waals surface area contributed by atoms with E-state index in [1.54, 1.807) is 7.11 Å². The lowest BCUT2D eigenvalue weighted by Crippen LogP contribution is -2.37. The Bertz CT molecular complexity index is 1020. The minimum atomic E-state index is 0. The molecule has 10 heteroatoms. The number of hydrogen-bond acceptors (Lipinski definition) is 5. The number of halogens is 1. The Morgan fingerprint density at radius 1 is 1.03 bits per heavy atom. The zero-order valence-corrected chi connectivity index (χ0v) is 21.3. The molecule has 0 radical (unpaired) electrons. The lowest BCUT2D eigenvalue weighted by atomic mass is 10.2. The Morgan fingerprint density at radius 3 is 2.26 bits per heavy atom. The molecule has 0 aliphatic heterocycles. The number of ether oxygens (including phenoxy) is 1. The molecule has 3 aromatic rings. The molecule has 2 N–H and O–H groups in total. The van der Waals surface area contributed by atoms with Gasteiger partial charge in [0.2, 0.25) is 0 Å². The fourth-order valence-electron chi connectivity index (χ4n) is 3.09. The Balaban J connectivity index is 0.00000341. The molecule has 2 heterocycles. The van der Waals surface area contributed by atoms with Crippen molar-refractivity contribution in [3.8, 4) is 5.75 Å². The molecule has 0 unspecified atom stereocenters. The van der Waals surface area contributed by atoms with Crippen LogP contribution in [0.15, 0.2) is 29.3 Å². The predicted molar refractivity (Wildman–Crippen MR) is 132 cm³/mol. The molecule has 0 spiro atoms. The molecule has 2 aromatic heterocycles. The van der Waals surface area contributed by atoms with Crippen LogP contribution < -0.4 is 15.4 Å². The quantitative estimate of drug-likeness (QED) is 0.273. The molecule has 9 nitrogen and oxygen atoms in total. The number of benzene rings is 1. The van der Waals surface area contributed by atoms with Gasteiger partial charge in [-0.2, -0.15) is 5.10 Å². The van der Waals surface area contributed by atoms with Crippen LogP contribution in [0.3, 0.4) is 0 Å². The van der Waals surface area contributed by atoms with Crippen LogP contribution in [0.2, 0.25) is 0 Å². The van der Waals surface area contributed by atoms with Crippen LogP contribution in [0.5, 0.6) is 5.75 Å². The molecule has 0 aliphatic rings. The Morgan fingerprint density at radius 2 is 1.71 bits per heavy atom. The minimum Gasteiger partial charge on any atom is -0.497 e. The van der Waals surface area contributed by atoms with Gasteiger partial charge in [0.25, 0.3) is 0 Å². The second-order valence-electron chi connectivity index (χ2n) is 7.22. The van der Waals surface area contributed by atoms with Crippen molar-refractivity contribution in [3.63, 3.8) is 0 Å². The van der Waals surface area contributed by atoms with Gasteiger partial charge in [0, 0.05) is 31.9 Å². The number of nitrogens with zero attached hydrogens (tertiary/aromatic N) is 6. The first-order valence-corrected chi connectivity index (χ1v) is 9.88. The van der Waals surface area contributed by atoms with Crippen molar-refractivity contribution in [2.45, 2.75) is 40.4 Å². The summed E-state index contributed by atoms with van der Waals surface area (Å²) < 4.78 is 9.08. The van der Waals surface area contributed by atoms with Gasteiger partial charge in [-0.1, -0.05) is 12.1 Å². The summed E-state index contributed by atoms with van der Waals surface area (Å²) in [5, 5.41) is 19.6. The van der Waals surface area contributed by atoms with Gasteiger partial charge in [-0.05, 0) is 38.5 Å². The second-order valence-corrected chi connectivity index (χ2v) is 7.22. The fourth-order valence-corrected chi connectivity index (χ4v) is 3.09. The molecule has 0 saturated heterocycles. The average molecular weight is 538 g/mol. The second kappa shape index (κ2) is 11.1. The largest absolute Gasteiger partial charge is 0.497 e. The van der Waals surface area contributed by atoms with E-state index in [0.29, 0.717) is 25.6 Å². The van der Waals surface area contributed by atoms with E-state index in [-0.39, 0.29) is 24.0 Å². The van der Waals surface area contributed by atoms with Gasteiger partial charge in [-0.25, -0.2) is 4.99 Å². The fraction of sp³-hybridized carbons (Fsp3) is 0.429. The van der Waals surface area contributed by atoms with E-state index in [2.05, 4.69) is 32.9 Å². The van der Waals surface area contributed by atoms with Crippen molar-refractivity contribution in [2.75, 3.05) is 7.11 Å². The normalized spacial score (nSPS) is 11.2. The molecule has 1 aromatic carbocycles. The van der Waals surface area contributed by atoms with Crippen molar-refractivity contribution in [2.24, 2.45) is 19.1 Å². The number of aryl methyl sites for hydroxylation is 3. The monoisotopic (exact) mass is 538 g/mol. The van der Waals surface area contributed by atoms with Crippen LogP contribution in [-0.2, 0) is 33.7 Å². The summed E-state index contributed by atoms with van der Waals surface area (Å²) in [5.74, 6) is 3.26. The standard InChI is InChI=1S/C21H30N8O.HI/c1-14-19(15(2)29(5)27-14)12-23-21(24-13-20-26-25-16(3)28(20)4)22-11-17-7-9-18(30-6)10-8-17;/h7-10H,11-13H2,1-6H3,(H2,22,23,24);1H. The van der Waals surface area contributed by atoms with Gasteiger partial charge in [0.1, 0.15) is 11.6 Å². The smallest absolute Gasteiger partial charge is 0.192 e. The number of aromatic nitrogens is 5. The van der Waals surface area contributed by atoms with Crippen LogP contribution in [0.4, 0.5) is 0 Å². The summed E-state index contributed by atoms with van der Waals surface area (Å²) in [6, 6.07) is 7.91. The highest BCUT2D eigenvalue weighted by Gasteiger charge is 2.11. The van der Waals surface area contributed by atoms with Crippen molar-refractivity contribution in [3.05, 3.63) is 58.4 Å². The Kier molecular flexibility index (Phi) is 8.84. The van der Waals surface area contributed by atoms with Crippen LogP contribution in [0.25, 0.3) is 0 Å². The van der Waals surface area contributed by atoms with Gasteiger partial charge in [0.05, 0.1) is 25.9 Å². The zero-order valence-electron chi connectivity index (χ0n) is 18.9. The molecule has 0 amide bonds. The van der Waals surface area contributed by atoms with Crippen LogP contribution in [0.1, 0.15) is 34.2 Å². The van der Waals surface area contributed by atoms with E-state index in [9.17, 15) is 0 Å². The SMILES string of the molecule is COc1ccc(CN=C(NCc2c(C)nn(C)c2C)NCc2nnc(C)n2C)cc1.I. The average Bonchev–Trinajstić information content (AvgIpc) is 3.19. The van der Waals surface area contributed by atoms with Crippen molar-refractivity contribution in [1.29, 1.82) is 0 Å². The first-order valence-electron chi connectivity index (χ1n) is 9.88. The van der Waals surface area contributed by atoms with E-state index < -0.39 is 0 Å². The van der Waals surface area contributed by atoms with Crippen molar-refractivity contribution >= 4 is 29.9 Å². The molecule has 3 rings (SSSR count). The summed E-state index contributed by atoms with van der Waals surface area (Å²) in [4.78, 5) is 4.75. The van der Waals surface area contributed by atoms with E-state index in [1.165, 1.54) is 5.56 Å². The number of aliphatic imine (C=N–C) groups is 1. The molecule has 0 aliphatic carbocycles. The lowest BCUT2D eigenvalue weighted by molar-refractivity contribution is 0.414. The maximum absolute atomic E-state index is 5.22. The summed E-state index contributed by atoms with van der Waals surface area (Å²) in [6.45, 7) is 7.73. The van der Waals surface area contributed by atoms with Crippen LogP contribution in [-0.4, -0.2) is 37.6 Å².